The highest BCUT2D eigenvalue weighted by Crippen LogP contribution is 2.28. The third kappa shape index (κ3) is 6.67. The van der Waals surface area contributed by atoms with Crippen LogP contribution < -0.4 is 4.74 Å². The average molecular weight is 483 g/mol. The number of phenols is 2. The molecule has 0 saturated heterocycles. The predicted molar refractivity (Wildman–Crippen MR) is 137 cm³/mol. The molecule has 0 aromatic heterocycles. The van der Waals surface area contributed by atoms with Gasteiger partial charge in [0.25, 0.3) is 0 Å². The van der Waals surface area contributed by atoms with Gasteiger partial charge in [0.15, 0.2) is 17.3 Å². The van der Waals surface area contributed by atoms with Crippen LogP contribution in [0.25, 0.3) is 0 Å². The second kappa shape index (κ2) is 12.1. The lowest BCUT2D eigenvalue weighted by Crippen LogP contribution is -2.13. The number of benzene rings is 3. The number of hydrogen-bond donors (Lipinski definition) is 2. The number of hydrogen-bond acceptors (Lipinski definition) is 6. The molecule has 1 aliphatic rings. The van der Waals surface area contributed by atoms with E-state index in [0.29, 0.717) is 5.57 Å². The summed E-state index contributed by atoms with van der Waals surface area (Å²) in [7, 11) is 1.58. The van der Waals surface area contributed by atoms with Crippen LogP contribution in [0.1, 0.15) is 27.4 Å². The molecule has 0 saturated carbocycles. The van der Waals surface area contributed by atoms with Gasteiger partial charge in [-0.1, -0.05) is 48.5 Å². The fraction of sp³-hybridized carbons (Fsp3) is 0.100. The van der Waals surface area contributed by atoms with Gasteiger partial charge in [0, 0.05) is 24.0 Å². The second-order valence-electron chi connectivity index (χ2n) is 7.97. The van der Waals surface area contributed by atoms with Crippen molar-refractivity contribution in [2.24, 2.45) is 0 Å². The van der Waals surface area contributed by atoms with Gasteiger partial charge in [0.1, 0.15) is 17.2 Å². The third-order valence-electron chi connectivity index (χ3n) is 5.52. The molecule has 0 aliphatic heterocycles. The highest BCUT2D eigenvalue weighted by molar-refractivity contribution is 6.18. The zero-order valence-electron chi connectivity index (χ0n) is 19.8. The molecule has 1 atom stereocenters. The number of ether oxygens (including phenoxy) is 1. The van der Waals surface area contributed by atoms with Crippen molar-refractivity contribution in [1.82, 2.24) is 0 Å². The molecule has 2 N–H and O–H groups in total. The molecule has 6 heteroatoms. The summed E-state index contributed by atoms with van der Waals surface area (Å²) in [5, 5.41) is 18.8. The van der Waals surface area contributed by atoms with Crippen molar-refractivity contribution < 1.29 is 29.3 Å². The minimum absolute atomic E-state index is 0.0708. The van der Waals surface area contributed by atoms with Crippen molar-refractivity contribution in [2.75, 3.05) is 7.11 Å². The first kappa shape index (κ1) is 25.9. The largest absolute Gasteiger partial charge is 0.508 e. The monoisotopic (exact) mass is 482 g/mol. The van der Waals surface area contributed by atoms with Gasteiger partial charge in [-0.05, 0) is 53.6 Å². The van der Waals surface area contributed by atoms with Crippen LogP contribution in [0.4, 0.5) is 0 Å². The molecule has 1 aliphatic carbocycles. The Morgan fingerprint density at radius 2 is 1.67 bits per heavy atom. The molecular formula is C30H26O6. The summed E-state index contributed by atoms with van der Waals surface area (Å²) in [6, 6.07) is 20.6. The Bertz CT molecular complexity index is 1320. The van der Waals surface area contributed by atoms with Gasteiger partial charge in [-0.3, -0.25) is 14.4 Å². The maximum absolute atomic E-state index is 12.0. The normalized spacial score (nSPS) is 13.2. The minimum Gasteiger partial charge on any atom is -0.508 e. The van der Waals surface area contributed by atoms with E-state index in [0.717, 1.165) is 22.9 Å². The maximum Gasteiger partial charge on any atom is 0.183 e. The molecule has 0 spiro atoms. The van der Waals surface area contributed by atoms with E-state index in [9.17, 15) is 24.6 Å². The third-order valence-corrected chi connectivity index (χ3v) is 5.52. The molecule has 0 amide bonds. The van der Waals surface area contributed by atoms with Crippen molar-refractivity contribution in [1.29, 1.82) is 0 Å². The summed E-state index contributed by atoms with van der Waals surface area (Å²) in [6.07, 6.45) is 5.86. The fourth-order valence-corrected chi connectivity index (χ4v) is 3.65. The quantitative estimate of drug-likeness (QED) is 0.275. The first-order valence-corrected chi connectivity index (χ1v) is 11.2. The van der Waals surface area contributed by atoms with Gasteiger partial charge in [0.05, 0.1) is 12.7 Å². The van der Waals surface area contributed by atoms with E-state index in [1.165, 1.54) is 30.4 Å². The van der Waals surface area contributed by atoms with Crippen molar-refractivity contribution in [3.05, 3.63) is 126 Å². The Labute approximate surface area is 209 Å². The average Bonchev–Trinajstić information content (AvgIpc) is 2.88. The SMILES string of the molecule is C=CC(C1=CC(=O)C=CC1=O)c1ccccc1.COc1ccc(CC(=O)c2ccc(O)cc2O)cc1. The van der Waals surface area contributed by atoms with Gasteiger partial charge in [-0.25, -0.2) is 0 Å². The zero-order chi connectivity index (χ0) is 26.1. The van der Waals surface area contributed by atoms with E-state index < -0.39 is 0 Å². The molecule has 3 aromatic carbocycles. The van der Waals surface area contributed by atoms with Gasteiger partial charge < -0.3 is 14.9 Å². The number of ketones is 3. The Balaban J connectivity index is 0.000000202. The lowest BCUT2D eigenvalue weighted by molar-refractivity contribution is -0.114. The van der Waals surface area contributed by atoms with Gasteiger partial charge in [-0.15, -0.1) is 6.58 Å². The summed E-state index contributed by atoms with van der Waals surface area (Å²) in [6.45, 7) is 3.74. The fourth-order valence-electron chi connectivity index (χ4n) is 3.65. The Hall–Kier alpha value is -4.71. The maximum atomic E-state index is 12.0. The van der Waals surface area contributed by atoms with Crippen LogP contribution in [0.3, 0.4) is 0 Å². The second-order valence-corrected chi connectivity index (χ2v) is 7.97. The molecular weight excluding hydrogens is 456 g/mol. The number of methoxy groups -OCH3 is 1. The van der Waals surface area contributed by atoms with E-state index in [-0.39, 0.29) is 46.8 Å². The van der Waals surface area contributed by atoms with E-state index in [1.54, 1.807) is 37.5 Å². The van der Waals surface area contributed by atoms with Crippen LogP contribution in [-0.2, 0) is 16.0 Å². The van der Waals surface area contributed by atoms with Gasteiger partial charge in [-0.2, -0.15) is 0 Å². The van der Waals surface area contributed by atoms with Crippen LogP contribution in [-0.4, -0.2) is 34.7 Å². The first-order valence-electron chi connectivity index (χ1n) is 11.2. The molecule has 0 heterocycles. The minimum atomic E-state index is -0.224. The van der Waals surface area contributed by atoms with E-state index in [4.69, 9.17) is 4.74 Å². The number of aromatic hydroxyl groups is 2. The topological polar surface area (TPSA) is 101 Å². The van der Waals surface area contributed by atoms with Gasteiger partial charge >= 0.3 is 0 Å². The Morgan fingerprint density at radius 3 is 2.28 bits per heavy atom. The highest BCUT2D eigenvalue weighted by atomic mass is 16.5. The molecule has 3 aromatic rings. The van der Waals surface area contributed by atoms with E-state index >= 15 is 0 Å². The lowest BCUT2D eigenvalue weighted by Gasteiger charge is -2.16. The molecule has 4 rings (SSSR count). The van der Waals surface area contributed by atoms with Crippen LogP contribution in [0.2, 0.25) is 0 Å². The molecule has 36 heavy (non-hydrogen) atoms. The Kier molecular flexibility index (Phi) is 8.73. The summed E-state index contributed by atoms with van der Waals surface area (Å²) in [5.41, 5.74) is 2.48. The summed E-state index contributed by atoms with van der Waals surface area (Å²) in [4.78, 5) is 35.1. The van der Waals surface area contributed by atoms with Crippen LogP contribution in [0, 0.1) is 0 Å². The summed E-state index contributed by atoms with van der Waals surface area (Å²) >= 11 is 0. The van der Waals surface area contributed by atoms with Crippen molar-refractivity contribution in [3.8, 4) is 17.2 Å². The molecule has 0 radical (unpaired) electrons. The number of allylic oxidation sites excluding steroid dienone is 5. The smallest absolute Gasteiger partial charge is 0.183 e. The molecule has 182 valence electrons. The van der Waals surface area contributed by atoms with E-state index in [1.807, 2.05) is 30.3 Å². The zero-order valence-corrected chi connectivity index (χ0v) is 19.8. The number of carbonyl (C=O) groups is 3. The molecule has 1 unspecified atom stereocenters. The first-order chi connectivity index (χ1) is 17.3. The lowest BCUT2D eigenvalue weighted by atomic mass is 9.86. The van der Waals surface area contributed by atoms with Crippen LogP contribution >= 0.6 is 0 Å². The van der Waals surface area contributed by atoms with Crippen molar-refractivity contribution in [3.63, 3.8) is 0 Å². The van der Waals surface area contributed by atoms with Crippen LogP contribution in [0.15, 0.2) is 109 Å². The number of phenolic OH excluding ortho intramolecular Hbond substituents is 2. The predicted octanol–water partition coefficient (Wildman–Crippen LogP) is 5.12. The number of Topliss-reactive ketones (excluding diaryl/α,β-unsaturated/α-hetero) is 1. The van der Waals surface area contributed by atoms with Crippen LogP contribution in [0.5, 0.6) is 17.2 Å². The molecule has 0 fully saturated rings. The van der Waals surface area contributed by atoms with Gasteiger partial charge in [0.2, 0.25) is 0 Å². The van der Waals surface area contributed by atoms with Crippen molar-refractivity contribution in [2.45, 2.75) is 12.3 Å². The number of rotatable bonds is 7. The summed E-state index contributed by atoms with van der Waals surface area (Å²) in [5.74, 6) is -0.262. The molecule has 0 bridgehead atoms. The molecule has 6 nitrogen and oxygen atoms in total. The highest BCUT2D eigenvalue weighted by Gasteiger charge is 2.21. The van der Waals surface area contributed by atoms with Crippen molar-refractivity contribution >= 4 is 17.3 Å². The summed E-state index contributed by atoms with van der Waals surface area (Å²) < 4.78 is 5.04. The standard InChI is InChI=1S/C15H14O4.C15H12O2/c1-19-12-5-2-10(3-6-12)8-14(17)13-7-4-11(16)9-15(13)18;1-2-13(11-6-4-3-5-7-11)14-10-12(16)8-9-15(14)17/h2-7,9,16,18H,8H2,1H3;2-10,13H,1H2. The van der Waals surface area contributed by atoms with E-state index in [2.05, 4.69) is 6.58 Å². The Morgan fingerprint density at radius 1 is 0.972 bits per heavy atom. The number of carbonyl (C=O) groups excluding carboxylic acids is 3.